The lowest BCUT2D eigenvalue weighted by atomic mass is 9.89. The maximum Gasteiger partial charge on any atom is 0.241 e. The van der Waals surface area contributed by atoms with Gasteiger partial charge in [-0.1, -0.05) is 38.0 Å². The molecule has 1 aromatic carbocycles. The van der Waals surface area contributed by atoms with E-state index >= 15 is 0 Å². The van der Waals surface area contributed by atoms with Gasteiger partial charge in [0.15, 0.2) is 0 Å². The second-order valence-electron chi connectivity index (χ2n) is 5.82. The van der Waals surface area contributed by atoms with Gasteiger partial charge in [0, 0.05) is 6.54 Å². The number of halogens is 1. The summed E-state index contributed by atoms with van der Waals surface area (Å²) < 4.78 is 41.2. The molecule has 1 aromatic rings. The number of hydrogen-bond donors (Lipinski definition) is 2. The molecule has 1 aliphatic carbocycles. The van der Waals surface area contributed by atoms with E-state index in [1.165, 1.54) is 12.1 Å². The van der Waals surface area contributed by atoms with Crippen molar-refractivity contribution in [3.8, 4) is 0 Å². The quantitative estimate of drug-likeness (QED) is 0.813. The van der Waals surface area contributed by atoms with Crippen LogP contribution in [-0.4, -0.2) is 20.0 Å². The van der Waals surface area contributed by atoms with Crippen molar-refractivity contribution in [2.75, 3.05) is 6.54 Å². The molecule has 0 atom stereocenters. The molecule has 0 spiro atoms. The van der Waals surface area contributed by atoms with Gasteiger partial charge in [-0.3, -0.25) is 0 Å². The summed E-state index contributed by atoms with van der Waals surface area (Å²) in [6.07, 6.45) is 4.19. The first-order valence-electron chi connectivity index (χ1n) is 6.83. The van der Waals surface area contributed by atoms with E-state index in [1.807, 2.05) is 0 Å². The number of nitrogens with one attached hydrogen (secondary N) is 1. The minimum absolute atomic E-state index is 0.0379. The molecule has 0 radical (unpaired) electrons. The maximum atomic E-state index is 13.8. The van der Waals surface area contributed by atoms with Crippen LogP contribution in [-0.2, 0) is 10.0 Å². The van der Waals surface area contributed by atoms with Gasteiger partial charge in [-0.15, -0.1) is 0 Å². The summed E-state index contributed by atoms with van der Waals surface area (Å²) in [6, 6.07) is 3.80. The standard InChI is InChI=1S/C14H19FN2O2S2/c1-14(7-2-3-8-14)9-17-21(18,19)11-6-4-5-10(15)12(11)13(16)20/h4-6,17H,2-3,7-9H2,1H3,(H2,16,20). The second-order valence-corrected chi connectivity index (χ2v) is 7.99. The van der Waals surface area contributed by atoms with E-state index < -0.39 is 15.8 Å². The second kappa shape index (κ2) is 5.98. The third-order valence-corrected chi connectivity index (χ3v) is 5.66. The highest BCUT2D eigenvalue weighted by atomic mass is 32.2. The van der Waals surface area contributed by atoms with Gasteiger partial charge in [0.1, 0.15) is 10.8 Å². The fourth-order valence-corrected chi connectivity index (χ4v) is 4.42. The molecular formula is C14H19FN2O2S2. The third-order valence-electron chi connectivity index (χ3n) is 4.01. The normalized spacial score (nSPS) is 17.8. The Morgan fingerprint density at radius 1 is 1.43 bits per heavy atom. The number of sulfonamides is 1. The molecule has 1 fully saturated rings. The van der Waals surface area contributed by atoms with Crippen LogP contribution in [0.2, 0.25) is 0 Å². The molecule has 21 heavy (non-hydrogen) atoms. The molecule has 7 heteroatoms. The molecule has 0 unspecified atom stereocenters. The molecule has 2 rings (SSSR count). The lowest BCUT2D eigenvalue weighted by Gasteiger charge is -2.24. The summed E-state index contributed by atoms with van der Waals surface area (Å²) in [5, 5.41) is 0. The summed E-state index contributed by atoms with van der Waals surface area (Å²) in [5.41, 5.74) is 5.19. The topological polar surface area (TPSA) is 72.2 Å². The first-order valence-corrected chi connectivity index (χ1v) is 8.72. The summed E-state index contributed by atoms with van der Waals surface area (Å²) in [5.74, 6) is -0.725. The van der Waals surface area contributed by atoms with Crippen LogP contribution < -0.4 is 10.5 Å². The van der Waals surface area contributed by atoms with Gasteiger partial charge in [-0.05, 0) is 30.4 Å². The molecule has 3 N–H and O–H groups in total. The van der Waals surface area contributed by atoms with Gasteiger partial charge >= 0.3 is 0 Å². The smallest absolute Gasteiger partial charge is 0.241 e. The number of rotatable bonds is 5. The Morgan fingerprint density at radius 3 is 2.62 bits per heavy atom. The molecule has 0 bridgehead atoms. The minimum Gasteiger partial charge on any atom is -0.389 e. The Morgan fingerprint density at radius 2 is 2.05 bits per heavy atom. The van der Waals surface area contributed by atoms with Gasteiger partial charge in [0.25, 0.3) is 0 Å². The van der Waals surface area contributed by atoms with E-state index in [4.69, 9.17) is 18.0 Å². The summed E-state index contributed by atoms with van der Waals surface area (Å²) in [7, 11) is -3.84. The van der Waals surface area contributed by atoms with Crippen LogP contribution in [0.4, 0.5) is 4.39 Å². The lowest BCUT2D eigenvalue weighted by Crippen LogP contribution is -2.35. The Hall–Kier alpha value is -1.05. The average molecular weight is 330 g/mol. The van der Waals surface area contributed by atoms with Crippen molar-refractivity contribution >= 4 is 27.2 Å². The van der Waals surface area contributed by atoms with Crippen molar-refractivity contribution < 1.29 is 12.8 Å². The molecule has 0 aromatic heterocycles. The van der Waals surface area contributed by atoms with Crippen molar-refractivity contribution in [2.45, 2.75) is 37.5 Å². The van der Waals surface area contributed by atoms with Crippen LogP contribution in [0.3, 0.4) is 0 Å². The van der Waals surface area contributed by atoms with Gasteiger partial charge < -0.3 is 5.73 Å². The molecule has 0 amide bonds. The zero-order valence-electron chi connectivity index (χ0n) is 11.9. The van der Waals surface area contributed by atoms with E-state index in [9.17, 15) is 12.8 Å². The van der Waals surface area contributed by atoms with E-state index in [-0.39, 0.29) is 20.9 Å². The maximum absolute atomic E-state index is 13.8. The van der Waals surface area contributed by atoms with E-state index in [2.05, 4.69) is 11.6 Å². The van der Waals surface area contributed by atoms with E-state index in [0.29, 0.717) is 6.54 Å². The van der Waals surface area contributed by atoms with Crippen LogP contribution in [0.25, 0.3) is 0 Å². The third kappa shape index (κ3) is 3.59. The average Bonchev–Trinajstić information content (AvgIpc) is 2.83. The Kier molecular flexibility index (Phi) is 4.65. The van der Waals surface area contributed by atoms with Crippen molar-refractivity contribution in [1.82, 2.24) is 4.72 Å². The largest absolute Gasteiger partial charge is 0.389 e. The number of hydrogen-bond acceptors (Lipinski definition) is 3. The van der Waals surface area contributed by atoms with E-state index in [0.717, 1.165) is 31.7 Å². The highest BCUT2D eigenvalue weighted by Crippen LogP contribution is 2.37. The number of benzene rings is 1. The Bertz CT molecular complexity index is 653. The number of nitrogens with two attached hydrogens (primary N) is 1. The first-order chi connectivity index (χ1) is 9.75. The predicted molar refractivity (Wildman–Crippen MR) is 84.1 cm³/mol. The van der Waals surface area contributed by atoms with Gasteiger partial charge in [-0.25, -0.2) is 17.5 Å². The van der Waals surface area contributed by atoms with Crippen LogP contribution >= 0.6 is 12.2 Å². The van der Waals surface area contributed by atoms with Crippen LogP contribution in [0.15, 0.2) is 23.1 Å². The van der Waals surface area contributed by atoms with Crippen LogP contribution in [0.1, 0.15) is 38.2 Å². The molecule has 0 heterocycles. The van der Waals surface area contributed by atoms with Crippen molar-refractivity contribution in [3.05, 3.63) is 29.6 Å². The number of thiocarbonyl (C=S) groups is 1. The van der Waals surface area contributed by atoms with Crippen molar-refractivity contribution in [3.63, 3.8) is 0 Å². The molecular weight excluding hydrogens is 311 g/mol. The molecule has 1 saturated carbocycles. The van der Waals surface area contributed by atoms with Gasteiger partial charge in [0.2, 0.25) is 10.0 Å². The molecule has 0 saturated heterocycles. The minimum atomic E-state index is -3.84. The van der Waals surface area contributed by atoms with E-state index in [1.54, 1.807) is 0 Å². The Labute approximate surface area is 130 Å². The highest BCUT2D eigenvalue weighted by molar-refractivity contribution is 7.89. The molecule has 4 nitrogen and oxygen atoms in total. The molecule has 116 valence electrons. The zero-order chi connectivity index (χ0) is 15.7. The lowest BCUT2D eigenvalue weighted by molar-refractivity contribution is 0.336. The summed E-state index contributed by atoms with van der Waals surface area (Å²) in [6.45, 7) is 2.39. The van der Waals surface area contributed by atoms with Gasteiger partial charge in [0.05, 0.1) is 10.5 Å². The van der Waals surface area contributed by atoms with Gasteiger partial charge in [-0.2, -0.15) is 0 Å². The van der Waals surface area contributed by atoms with Crippen LogP contribution in [0.5, 0.6) is 0 Å². The molecule has 0 aliphatic heterocycles. The summed E-state index contributed by atoms with van der Waals surface area (Å²) in [4.78, 5) is -0.461. The van der Waals surface area contributed by atoms with Crippen LogP contribution in [0, 0.1) is 11.2 Å². The Balaban J connectivity index is 2.28. The van der Waals surface area contributed by atoms with Crippen molar-refractivity contribution in [2.24, 2.45) is 11.1 Å². The fourth-order valence-electron chi connectivity index (χ4n) is 2.72. The first kappa shape index (κ1) is 16.3. The van der Waals surface area contributed by atoms with Crippen molar-refractivity contribution in [1.29, 1.82) is 0 Å². The monoisotopic (exact) mass is 330 g/mol. The molecule has 1 aliphatic rings. The zero-order valence-corrected chi connectivity index (χ0v) is 13.5. The SMILES string of the molecule is CC1(CNS(=O)(=O)c2cccc(F)c2C(N)=S)CCCC1. The fraction of sp³-hybridized carbons (Fsp3) is 0.500. The highest BCUT2D eigenvalue weighted by Gasteiger charge is 2.31. The summed E-state index contributed by atoms with van der Waals surface area (Å²) >= 11 is 4.76. The predicted octanol–water partition coefficient (Wildman–Crippen LogP) is 2.32.